The van der Waals surface area contributed by atoms with Crippen LogP contribution in [0.2, 0.25) is 0 Å². The molecule has 5 rings (SSSR count). The molecule has 0 radical (unpaired) electrons. The molecule has 2 heterocycles. The van der Waals surface area contributed by atoms with Crippen LogP contribution in [0.5, 0.6) is 0 Å². The molecular weight excluding hydrogens is 584 g/mol. The molecule has 1 fully saturated rings. The highest BCUT2D eigenvalue weighted by Crippen LogP contribution is 2.33. The molecule has 10 nitrogen and oxygen atoms in total. The molecule has 4 aromatic rings. The van der Waals surface area contributed by atoms with Gasteiger partial charge in [0.25, 0.3) is 5.91 Å². The van der Waals surface area contributed by atoms with E-state index in [-0.39, 0.29) is 56.3 Å². The highest BCUT2D eigenvalue weighted by Gasteiger charge is 2.35. The van der Waals surface area contributed by atoms with Gasteiger partial charge in [0, 0.05) is 38.7 Å². The summed E-state index contributed by atoms with van der Waals surface area (Å²) in [6.45, 7) is 2.74. The molecule has 0 aliphatic carbocycles. The van der Waals surface area contributed by atoms with Gasteiger partial charge >= 0.3 is 12.1 Å². The molecule has 10 heteroatoms. The highest BCUT2D eigenvalue weighted by atomic mass is 16.5. The number of benzene rings is 3. The predicted octanol–water partition coefficient (Wildman–Crippen LogP) is 5.86. The van der Waals surface area contributed by atoms with E-state index in [0.717, 1.165) is 11.1 Å². The summed E-state index contributed by atoms with van der Waals surface area (Å²) in [4.78, 5) is 54.1. The number of para-hydroxylation sites is 2. The number of carbonyl (C=O) groups excluding carboxylic acids is 3. The summed E-state index contributed by atoms with van der Waals surface area (Å²) in [5.74, 6) is -0.756. The Labute approximate surface area is 268 Å². The van der Waals surface area contributed by atoms with Gasteiger partial charge in [0.2, 0.25) is 5.91 Å². The minimum atomic E-state index is -0.999. The number of esters is 1. The van der Waals surface area contributed by atoms with Crippen molar-refractivity contribution in [1.82, 2.24) is 14.4 Å². The molecule has 1 aliphatic rings. The Bertz CT molecular complexity index is 1670. The molecule has 1 unspecified atom stereocenters. The van der Waals surface area contributed by atoms with Crippen molar-refractivity contribution in [2.45, 2.75) is 38.6 Å². The summed E-state index contributed by atoms with van der Waals surface area (Å²) in [6.07, 6.45) is 2.02. The number of ether oxygens (including phenoxy) is 1. The van der Waals surface area contributed by atoms with Crippen molar-refractivity contribution in [1.29, 1.82) is 0 Å². The van der Waals surface area contributed by atoms with E-state index >= 15 is 0 Å². The molecule has 238 valence electrons. The molecule has 0 saturated carbocycles. The summed E-state index contributed by atoms with van der Waals surface area (Å²) in [7, 11) is 0. The molecule has 3 amide bonds. The third-order valence-corrected chi connectivity index (χ3v) is 8.02. The van der Waals surface area contributed by atoms with Gasteiger partial charge in [-0.15, -0.1) is 0 Å². The van der Waals surface area contributed by atoms with Crippen LogP contribution in [-0.4, -0.2) is 75.6 Å². The Morgan fingerprint density at radius 3 is 2.28 bits per heavy atom. The van der Waals surface area contributed by atoms with Crippen molar-refractivity contribution in [2.24, 2.45) is 0 Å². The highest BCUT2D eigenvalue weighted by molar-refractivity contribution is 6.01. The molecule has 2 N–H and O–H groups in total. The first kappa shape index (κ1) is 32.0. The lowest BCUT2D eigenvalue weighted by molar-refractivity contribution is -0.143. The number of amides is 3. The van der Waals surface area contributed by atoms with Crippen molar-refractivity contribution in [3.63, 3.8) is 0 Å². The molecule has 46 heavy (non-hydrogen) atoms. The van der Waals surface area contributed by atoms with Gasteiger partial charge in [-0.05, 0) is 49.1 Å². The second-order valence-electron chi connectivity index (χ2n) is 11.1. The molecule has 3 aromatic carbocycles. The molecule has 0 bridgehead atoms. The number of carbonyl (C=O) groups is 4. The number of hydrogen-bond acceptors (Lipinski definition) is 5. The fourth-order valence-electron chi connectivity index (χ4n) is 5.84. The molecule has 1 saturated heterocycles. The van der Waals surface area contributed by atoms with Gasteiger partial charge in [0.15, 0.2) is 0 Å². The normalized spacial score (nSPS) is 14.5. The van der Waals surface area contributed by atoms with E-state index in [1.54, 1.807) is 24.0 Å². The quantitative estimate of drug-likeness (QED) is 0.202. The predicted molar refractivity (Wildman–Crippen MR) is 175 cm³/mol. The second kappa shape index (κ2) is 15.1. The summed E-state index contributed by atoms with van der Waals surface area (Å²) in [6, 6.07) is 28.1. The average Bonchev–Trinajstić information content (AvgIpc) is 3.51. The largest absolute Gasteiger partial charge is 0.466 e. The van der Waals surface area contributed by atoms with Crippen LogP contribution in [0, 0.1) is 0 Å². The number of nitrogens with zero attached hydrogens (tertiary/aromatic N) is 3. The maximum atomic E-state index is 14.4. The third-order valence-electron chi connectivity index (χ3n) is 8.02. The van der Waals surface area contributed by atoms with E-state index in [0.29, 0.717) is 42.1 Å². The molecular formula is C36H38N4O6. The first-order valence-electron chi connectivity index (χ1n) is 15.5. The van der Waals surface area contributed by atoms with E-state index in [4.69, 9.17) is 4.74 Å². The minimum absolute atomic E-state index is 0.152. The summed E-state index contributed by atoms with van der Waals surface area (Å²) >= 11 is 0. The Morgan fingerprint density at radius 2 is 1.57 bits per heavy atom. The lowest BCUT2D eigenvalue weighted by atomic mass is 10.00. The molecule has 1 atom stereocenters. The average molecular weight is 623 g/mol. The number of carboxylic acid groups (broad SMARTS) is 1. The summed E-state index contributed by atoms with van der Waals surface area (Å²) in [5, 5.41) is 12.7. The van der Waals surface area contributed by atoms with E-state index in [1.165, 1.54) is 4.90 Å². The molecule has 1 aliphatic heterocycles. The van der Waals surface area contributed by atoms with Gasteiger partial charge in [-0.3, -0.25) is 14.4 Å². The Morgan fingerprint density at radius 1 is 0.870 bits per heavy atom. The number of aromatic nitrogens is 1. The van der Waals surface area contributed by atoms with Crippen molar-refractivity contribution < 1.29 is 29.0 Å². The standard InChI is InChI=1S/C36H38N4O6/c1-2-46-33(42)19-11-18-32(41)37-30-16-9-10-17-31(30)40-21-20-29(34(40)27-14-7-4-8-15-27)35(43)39-23-22-38(36(44)45)25-28(39)24-26-12-5-3-6-13-26/h3-10,12-17,20-21,28H,2,11,18-19,22-25H2,1H3,(H,37,41)(H,44,45). The third kappa shape index (κ3) is 7.63. The first-order valence-corrected chi connectivity index (χ1v) is 15.5. The van der Waals surface area contributed by atoms with Crippen LogP contribution in [0.1, 0.15) is 42.1 Å². The topological polar surface area (TPSA) is 121 Å². The van der Waals surface area contributed by atoms with Crippen molar-refractivity contribution in [3.05, 3.63) is 108 Å². The van der Waals surface area contributed by atoms with Crippen LogP contribution < -0.4 is 5.32 Å². The van der Waals surface area contributed by atoms with Crippen LogP contribution >= 0.6 is 0 Å². The van der Waals surface area contributed by atoms with E-state index in [1.807, 2.05) is 89.6 Å². The van der Waals surface area contributed by atoms with E-state index in [9.17, 15) is 24.3 Å². The van der Waals surface area contributed by atoms with Crippen LogP contribution in [0.3, 0.4) is 0 Å². The van der Waals surface area contributed by atoms with E-state index < -0.39 is 6.09 Å². The van der Waals surface area contributed by atoms with Gasteiger partial charge < -0.3 is 29.5 Å². The maximum absolute atomic E-state index is 14.4. The van der Waals surface area contributed by atoms with Crippen LogP contribution in [0.4, 0.5) is 10.5 Å². The van der Waals surface area contributed by atoms with Gasteiger partial charge in [0.1, 0.15) is 0 Å². The number of rotatable bonds is 11. The van der Waals surface area contributed by atoms with E-state index in [2.05, 4.69) is 5.32 Å². The zero-order chi connectivity index (χ0) is 32.5. The Kier molecular flexibility index (Phi) is 10.5. The number of piperazine rings is 1. The maximum Gasteiger partial charge on any atom is 0.407 e. The first-order chi connectivity index (χ1) is 22.4. The van der Waals surface area contributed by atoms with Crippen LogP contribution in [0.25, 0.3) is 16.9 Å². The van der Waals surface area contributed by atoms with Crippen LogP contribution in [0.15, 0.2) is 97.2 Å². The number of anilines is 1. The minimum Gasteiger partial charge on any atom is -0.466 e. The summed E-state index contributed by atoms with van der Waals surface area (Å²) in [5.41, 5.74) is 4.21. The van der Waals surface area contributed by atoms with Crippen molar-refractivity contribution in [3.8, 4) is 16.9 Å². The zero-order valence-electron chi connectivity index (χ0n) is 25.8. The lowest BCUT2D eigenvalue weighted by Gasteiger charge is -2.40. The van der Waals surface area contributed by atoms with Gasteiger partial charge in [-0.25, -0.2) is 4.79 Å². The van der Waals surface area contributed by atoms with Crippen molar-refractivity contribution in [2.75, 3.05) is 31.6 Å². The Hall–Kier alpha value is -5.38. The van der Waals surface area contributed by atoms with Crippen molar-refractivity contribution >= 4 is 29.6 Å². The van der Waals surface area contributed by atoms with Gasteiger partial charge in [-0.2, -0.15) is 0 Å². The molecule has 1 aromatic heterocycles. The Balaban J connectivity index is 1.47. The van der Waals surface area contributed by atoms with Crippen LogP contribution in [-0.2, 0) is 20.7 Å². The fourth-order valence-corrected chi connectivity index (χ4v) is 5.84. The SMILES string of the molecule is CCOC(=O)CCCC(=O)Nc1ccccc1-n1ccc(C(=O)N2CCN(C(=O)O)CC2Cc2ccccc2)c1-c1ccccc1. The monoisotopic (exact) mass is 622 g/mol. The molecule has 0 spiro atoms. The smallest absolute Gasteiger partial charge is 0.407 e. The second-order valence-corrected chi connectivity index (χ2v) is 11.1. The zero-order valence-corrected chi connectivity index (χ0v) is 25.8. The summed E-state index contributed by atoms with van der Waals surface area (Å²) < 4.78 is 6.86. The van der Waals surface area contributed by atoms with Gasteiger partial charge in [-0.1, -0.05) is 72.8 Å². The fraction of sp³-hybridized carbons (Fsp3) is 0.278. The number of nitrogens with one attached hydrogen (secondary N) is 1. The lowest BCUT2D eigenvalue weighted by Crippen LogP contribution is -2.57. The number of hydrogen-bond donors (Lipinski definition) is 2. The van der Waals surface area contributed by atoms with Gasteiger partial charge in [0.05, 0.1) is 35.3 Å².